The van der Waals surface area contributed by atoms with Gasteiger partial charge >= 0.3 is 0 Å². The second kappa shape index (κ2) is 10.0. The van der Waals surface area contributed by atoms with Crippen molar-refractivity contribution in [1.29, 1.82) is 0 Å². The molecule has 0 bridgehead atoms. The Morgan fingerprint density at radius 1 is 0.868 bits per heavy atom. The van der Waals surface area contributed by atoms with Crippen LogP contribution in [-0.4, -0.2) is 77.8 Å². The summed E-state index contributed by atoms with van der Waals surface area (Å²) in [6, 6.07) is 18.9. The summed E-state index contributed by atoms with van der Waals surface area (Å²) >= 11 is 0. The number of piperazine rings is 1. The Balaban J connectivity index is 1.46. The van der Waals surface area contributed by atoms with E-state index in [-0.39, 0.29) is 23.4 Å². The molecule has 3 heterocycles. The van der Waals surface area contributed by atoms with Gasteiger partial charge in [-0.2, -0.15) is 0 Å². The number of fused-ring (bicyclic) bond motifs is 3. The van der Waals surface area contributed by atoms with Crippen molar-refractivity contribution in [2.75, 3.05) is 51.4 Å². The SMILES string of the molecule is Cc1c2n(ccc1=O)N(C1c3ccccc3CCc3ccccc31)CN(C(C)CN1CCN(C)CC1)C2=O. The standard InChI is InChI=1S/C31H37N5O2/c1-22(20-33-18-16-32(3)17-19-33)34-21-36(35-15-14-28(37)23(2)29(35)31(34)38)30-26-10-6-4-8-24(26)12-13-25-9-5-7-11-27(25)30/h4-11,14-15,22,30H,12-13,16-21H2,1-3H3. The lowest BCUT2D eigenvalue weighted by Gasteiger charge is -2.47. The number of carbonyl (C=O) groups is 1. The molecule has 1 fully saturated rings. The molecule has 1 aliphatic carbocycles. The van der Waals surface area contributed by atoms with Crippen LogP contribution in [0.25, 0.3) is 0 Å². The van der Waals surface area contributed by atoms with Gasteiger partial charge in [0.1, 0.15) is 12.4 Å². The first-order chi connectivity index (χ1) is 18.4. The molecule has 1 aromatic heterocycles. The lowest BCUT2D eigenvalue weighted by Crippen LogP contribution is -2.60. The number of aryl methyl sites for hydroxylation is 2. The molecule has 0 saturated carbocycles. The average molecular weight is 512 g/mol. The Morgan fingerprint density at radius 2 is 1.47 bits per heavy atom. The number of benzene rings is 2. The molecule has 6 rings (SSSR count). The number of likely N-dealkylation sites (N-methyl/N-ethyl adjacent to an activating group) is 1. The van der Waals surface area contributed by atoms with Crippen molar-refractivity contribution in [1.82, 2.24) is 19.4 Å². The molecule has 1 unspecified atom stereocenters. The monoisotopic (exact) mass is 511 g/mol. The lowest BCUT2D eigenvalue weighted by molar-refractivity contribution is 0.0524. The average Bonchev–Trinajstić information content (AvgIpc) is 3.09. The van der Waals surface area contributed by atoms with Crippen molar-refractivity contribution in [2.24, 2.45) is 0 Å². The van der Waals surface area contributed by atoms with E-state index in [1.54, 1.807) is 19.2 Å². The molecule has 7 nitrogen and oxygen atoms in total. The second-order valence-electron chi connectivity index (χ2n) is 11.1. The summed E-state index contributed by atoms with van der Waals surface area (Å²) in [5.41, 5.74) is 6.09. The van der Waals surface area contributed by atoms with E-state index >= 15 is 0 Å². The van der Waals surface area contributed by atoms with Gasteiger partial charge < -0.3 is 9.80 Å². The van der Waals surface area contributed by atoms with E-state index in [0.717, 1.165) is 45.6 Å². The molecule has 2 aromatic carbocycles. The Bertz CT molecular complexity index is 1360. The Hall–Kier alpha value is -3.42. The number of pyridine rings is 1. The molecule has 3 aliphatic rings. The van der Waals surface area contributed by atoms with Gasteiger partial charge in [0.15, 0.2) is 5.43 Å². The summed E-state index contributed by atoms with van der Waals surface area (Å²) < 4.78 is 1.96. The molecular formula is C31H37N5O2. The highest BCUT2D eigenvalue weighted by molar-refractivity contribution is 5.95. The fraction of sp³-hybridized carbons (Fsp3) is 0.419. The molecule has 0 radical (unpaired) electrons. The van der Waals surface area contributed by atoms with Crippen LogP contribution in [0.15, 0.2) is 65.6 Å². The smallest absolute Gasteiger partial charge is 0.274 e. The summed E-state index contributed by atoms with van der Waals surface area (Å²) in [7, 11) is 2.16. The van der Waals surface area contributed by atoms with Crippen LogP contribution >= 0.6 is 0 Å². The molecule has 38 heavy (non-hydrogen) atoms. The minimum Gasteiger partial charge on any atom is -0.314 e. The van der Waals surface area contributed by atoms with Crippen LogP contribution in [0, 0.1) is 6.92 Å². The third-order valence-corrected chi connectivity index (χ3v) is 8.67. The zero-order chi connectivity index (χ0) is 26.4. The maximum Gasteiger partial charge on any atom is 0.274 e. The zero-order valence-corrected chi connectivity index (χ0v) is 22.6. The van der Waals surface area contributed by atoms with E-state index < -0.39 is 0 Å². The quantitative estimate of drug-likeness (QED) is 0.539. The van der Waals surface area contributed by atoms with Crippen molar-refractivity contribution in [3.05, 3.63) is 105 Å². The molecule has 1 amide bonds. The molecular weight excluding hydrogens is 474 g/mol. The number of hydrogen-bond donors (Lipinski definition) is 0. The second-order valence-corrected chi connectivity index (χ2v) is 11.1. The van der Waals surface area contributed by atoms with Gasteiger partial charge in [-0.25, -0.2) is 0 Å². The van der Waals surface area contributed by atoms with Crippen molar-refractivity contribution in [3.63, 3.8) is 0 Å². The van der Waals surface area contributed by atoms with Gasteiger partial charge in [-0.15, -0.1) is 0 Å². The van der Waals surface area contributed by atoms with Crippen LogP contribution in [0.3, 0.4) is 0 Å². The highest BCUT2D eigenvalue weighted by atomic mass is 16.2. The van der Waals surface area contributed by atoms with Crippen LogP contribution in [0.1, 0.15) is 51.3 Å². The van der Waals surface area contributed by atoms with Gasteiger partial charge in [-0.05, 0) is 56.0 Å². The summed E-state index contributed by atoms with van der Waals surface area (Å²) in [6.45, 7) is 9.30. The summed E-state index contributed by atoms with van der Waals surface area (Å²) in [5, 5.41) is 2.30. The third kappa shape index (κ3) is 4.33. The maximum absolute atomic E-state index is 14.0. The first-order valence-corrected chi connectivity index (χ1v) is 13.8. The third-order valence-electron chi connectivity index (χ3n) is 8.67. The Morgan fingerprint density at radius 3 is 2.11 bits per heavy atom. The van der Waals surface area contributed by atoms with E-state index in [9.17, 15) is 9.59 Å². The van der Waals surface area contributed by atoms with E-state index in [1.165, 1.54) is 22.3 Å². The van der Waals surface area contributed by atoms with E-state index in [1.807, 2.05) is 9.58 Å². The van der Waals surface area contributed by atoms with Gasteiger partial charge in [0.05, 0.1) is 6.04 Å². The van der Waals surface area contributed by atoms with Crippen LogP contribution in [-0.2, 0) is 12.8 Å². The number of hydrogen-bond acceptors (Lipinski definition) is 5. The van der Waals surface area contributed by atoms with E-state index in [4.69, 9.17) is 0 Å². The van der Waals surface area contributed by atoms with Gasteiger partial charge in [-0.1, -0.05) is 48.5 Å². The molecule has 1 atom stereocenters. The molecule has 7 heteroatoms. The number of nitrogens with zero attached hydrogens (tertiary/aromatic N) is 5. The minimum absolute atomic E-state index is 0.00753. The topological polar surface area (TPSA) is 52.0 Å². The number of amides is 1. The fourth-order valence-corrected chi connectivity index (χ4v) is 6.39. The van der Waals surface area contributed by atoms with Crippen LogP contribution in [0.5, 0.6) is 0 Å². The van der Waals surface area contributed by atoms with Crippen molar-refractivity contribution < 1.29 is 4.79 Å². The van der Waals surface area contributed by atoms with Crippen molar-refractivity contribution in [3.8, 4) is 0 Å². The predicted molar refractivity (Wildman–Crippen MR) is 150 cm³/mol. The molecule has 3 aromatic rings. The molecule has 2 aliphatic heterocycles. The van der Waals surface area contributed by atoms with Crippen molar-refractivity contribution >= 4 is 5.91 Å². The van der Waals surface area contributed by atoms with E-state index in [0.29, 0.717) is 17.9 Å². The molecule has 0 N–H and O–H groups in total. The highest BCUT2D eigenvalue weighted by Crippen LogP contribution is 2.38. The maximum atomic E-state index is 14.0. The molecule has 0 spiro atoms. The summed E-state index contributed by atoms with van der Waals surface area (Å²) in [4.78, 5) is 33.6. The zero-order valence-electron chi connectivity index (χ0n) is 22.6. The molecule has 1 saturated heterocycles. The summed E-state index contributed by atoms with van der Waals surface area (Å²) in [6.07, 6.45) is 3.76. The largest absolute Gasteiger partial charge is 0.314 e. The molecule has 198 valence electrons. The lowest BCUT2D eigenvalue weighted by atomic mass is 9.94. The predicted octanol–water partition coefficient (Wildman–Crippen LogP) is 3.03. The number of rotatable bonds is 4. The van der Waals surface area contributed by atoms with Crippen LogP contribution < -0.4 is 10.4 Å². The van der Waals surface area contributed by atoms with Gasteiger partial charge in [0.2, 0.25) is 0 Å². The normalized spacial score (nSPS) is 19.5. The number of aromatic nitrogens is 1. The van der Waals surface area contributed by atoms with Gasteiger partial charge in [0, 0.05) is 56.6 Å². The van der Waals surface area contributed by atoms with Crippen LogP contribution in [0.2, 0.25) is 0 Å². The summed E-state index contributed by atoms with van der Waals surface area (Å²) in [5.74, 6) is -0.0618. The van der Waals surface area contributed by atoms with Crippen molar-refractivity contribution in [2.45, 2.75) is 38.8 Å². The minimum atomic E-state index is -0.0974. The van der Waals surface area contributed by atoms with Crippen LogP contribution in [0.4, 0.5) is 0 Å². The Labute approximate surface area is 224 Å². The van der Waals surface area contributed by atoms with E-state index in [2.05, 4.69) is 77.3 Å². The van der Waals surface area contributed by atoms with Gasteiger partial charge in [-0.3, -0.25) is 24.2 Å². The highest BCUT2D eigenvalue weighted by Gasteiger charge is 2.39. The fourth-order valence-electron chi connectivity index (χ4n) is 6.39. The Kier molecular flexibility index (Phi) is 6.58. The van der Waals surface area contributed by atoms with Gasteiger partial charge in [0.25, 0.3) is 5.91 Å². The number of carbonyl (C=O) groups excluding carboxylic acids is 1. The first kappa shape index (κ1) is 24.9. The first-order valence-electron chi connectivity index (χ1n) is 13.8.